The van der Waals surface area contributed by atoms with Gasteiger partial charge in [-0.25, -0.2) is 0 Å². The van der Waals surface area contributed by atoms with Crippen molar-refractivity contribution in [3.8, 4) is 44.5 Å². The molecule has 0 spiro atoms. The van der Waals surface area contributed by atoms with E-state index in [1.807, 2.05) is 0 Å². The predicted octanol–water partition coefficient (Wildman–Crippen LogP) is 15.7. The quantitative estimate of drug-likeness (QED) is 0.149. The van der Waals surface area contributed by atoms with Gasteiger partial charge < -0.3 is 4.90 Å². The molecule has 1 nitrogen and oxygen atoms in total. The van der Waals surface area contributed by atoms with Crippen LogP contribution in [-0.2, 0) is 5.41 Å². The summed E-state index contributed by atoms with van der Waals surface area (Å²) in [5, 5.41) is 2.50. The zero-order chi connectivity index (χ0) is 39.9. The number of hydrogen-bond acceptors (Lipinski definition) is 1. The molecule has 60 heavy (non-hydrogen) atoms. The van der Waals surface area contributed by atoms with Gasteiger partial charge in [0.05, 0.1) is 5.41 Å². The summed E-state index contributed by atoms with van der Waals surface area (Å²) in [5.41, 5.74) is 17.6. The zero-order valence-corrected chi connectivity index (χ0v) is 33.1. The minimum atomic E-state index is -0.513. The first kappa shape index (κ1) is 35.4. The van der Waals surface area contributed by atoms with Crippen molar-refractivity contribution in [3.05, 3.63) is 271 Å². The highest BCUT2D eigenvalue weighted by Crippen LogP contribution is 2.57. The monoisotopic (exact) mass is 763 g/mol. The van der Waals surface area contributed by atoms with Crippen LogP contribution in [-0.4, -0.2) is 0 Å². The fraction of sp³-hybridized carbons (Fsp3) is 0.0169. The Labute approximate surface area is 352 Å². The van der Waals surface area contributed by atoms with Crippen LogP contribution in [0.1, 0.15) is 22.3 Å². The second-order valence-electron chi connectivity index (χ2n) is 15.6. The van der Waals surface area contributed by atoms with Crippen molar-refractivity contribution >= 4 is 27.8 Å². The predicted molar refractivity (Wildman–Crippen MR) is 252 cm³/mol. The molecule has 0 amide bonds. The van der Waals surface area contributed by atoms with E-state index >= 15 is 0 Å². The minimum absolute atomic E-state index is 0.513. The van der Waals surface area contributed by atoms with Crippen LogP contribution in [0.5, 0.6) is 0 Å². The minimum Gasteiger partial charge on any atom is -0.310 e. The molecular weight excluding hydrogens is 723 g/mol. The van der Waals surface area contributed by atoms with Gasteiger partial charge in [0.2, 0.25) is 0 Å². The molecule has 10 aromatic carbocycles. The number of benzene rings is 10. The van der Waals surface area contributed by atoms with Crippen LogP contribution in [0.25, 0.3) is 55.3 Å². The maximum absolute atomic E-state index is 2.46. The summed E-state index contributed by atoms with van der Waals surface area (Å²) < 4.78 is 0. The Kier molecular flexibility index (Phi) is 8.79. The molecule has 0 bridgehead atoms. The molecule has 1 aliphatic rings. The van der Waals surface area contributed by atoms with E-state index in [2.05, 4.69) is 254 Å². The molecule has 0 saturated heterocycles. The summed E-state index contributed by atoms with van der Waals surface area (Å²) >= 11 is 0. The zero-order valence-electron chi connectivity index (χ0n) is 33.1. The van der Waals surface area contributed by atoms with Gasteiger partial charge in [0.1, 0.15) is 0 Å². The summed E-state index contributed by atoms with van der Waals surface area (Å²) in [7, 11) is 0. The van der Waals surface area contributed by atoms with Gasteiger partial charge in [0.25, 0.3) is 0 Å². The number of nitrogens with zero attached hydrogens (tertiary/aromatic N) is 1. The lowest BCUT2D eigenvalue weighted by Gasteiger charge is -2.35. The topological polar surface area (TPSA) is 3.24 Å². The van der Waals surface area contributed by atoms with E-state index in [4.69, 9.17) is 0 Å². The SMILES string of the molecule is c1ccc(-c2ccc(N(c3ccc(-c4cccc5ccccc45)cc3)c3ccc4c(c3)C(c3ccccc3)(c3ccccc3)c3ccccc3-4)cc2-c2ccccc2)cc1. The Bertz CT molecular complexity index is 3070. The van der Waals surface area contributed by atoms with Crippen molar-refractivity contribution in [2.45, 2.75) is 5.41 Å². The van der Waals surface area contributed by atoms with Gasteiger partial charge in [0.15, 0.2) is 0 Å². The van der Waals surface area contributed by atoms with Crippen molar-refractivity contribution < 1.29 is 0 Å². The summed E-state index contributed by atoms with van der Waals surface area (Å²) in [6, 6.07) is 91.1. The van der Waals surface area contributed by atoms with E-state index < -0.39 is 5.41 Å². The maximum Gasteiger partial charge on any atom is 0.0714 e. The third kappa shape index (κ3) is 5.86. The van der Waals surface area contributed by atoms with Gasteiger partial charge in [-0.15, -0.1) is 0 Å². The molecule has 0 atom stereocenters. The highest BCUT2D eigenvalue weighted by molar-refractivity contribution is 5.97. The highest BCUT2D eigenvalue weighted by Gasteiger charge is 2.46. The summed E-state index contributed by atoms with van der Waals surface area (Å²) in [6.45, 7) is 0. The molecule has 0 saturated carbocycles. The number of hydrogen-bond donors (Lipinski definition) is 0. The van der Waals surface area contributed by atoms with Crippen LogP contribution in [0.3, 0.4) is 0 Å². The molecule has 0 N–H and O–H groups in total. The van der Waals surface area contributed by atoms with Crippen LogP contribution >= 0.6 is 0 Å². The molecule has 10 aromatic rings. The lowest BCUT2D eigenvalue weighted by Crippen LogP contribution is -2.28. The lowest BCUT2D eigenvalue weighted by molar-refractivity contribution is 0.768. The van der Waals surface area contributed by atoms with Crippen molar-refractivity contribution in [3.63, 3.8) is 0 Å². The van der Waals surface area contributed by atoms with Gasteiger partial charge in [-0.3, -0.25) is 0 Å². The maximum atomic E-state index is 2.46. The number of fused-ring (bicyclic) bond motifs is 4. The van der Waals surface area contributed by atoms with Crippen molar-refractivity contribution in [2.24, 2.45) is 0 Å². The van der Waals surface area contributed by atoms with Crippen LogP contribution < -0.4 is 4.90 Å². The van der Waals surface area contributed by atoms with E-state index in [0.29, 0.717) is 0 Å². The van der Waals surface area contributed by atoms with Gasteiger partial charge >= 0.3 is 0 Å². The van der Waals surface area contributed by atoms with Crippen molar-refractivity contribution in [2.75, 3.05) is 4.90 Å². The molecule has 0 fully saturated rings. The molecule has 1 aliphatic carbocycles. The first-order valence-electron chi connectivity index (χ1n) is 20.8. The van der Waals surface area contributed by atoms with Crippen LogP contribution in [0.15, 0.2) is 249 Å². The highest BCUT2D eigenvalue weighted by atomic mass is 15.1. The first-order valence-corrected chi connectivity index (χ1v) is 20.8. The fourth-order valence-corrected chi connectivity index (χ4v) is 9.68. The Morgan fingerprint density at radius 3 is 1.42 bits per heavy atom. The molecule has 0 aromatic heterocycles. The number of anilines is 3. The van der Waals surface area contributed by atoms with Gasteiger partial charge in [-0.1, -0.05) is 212 Å². The average Bonchev–Trinajstić information content (AvgIpc) is 3.63. The first-order chi connectivity index (χ1) is 29.8. The smallest absolute Gasteiger partial charge is 0.0714 e. The third-order valence-electron chi connectivity index (χ3n) is 12.4. The van der Waals surface area contributed by atoms with Crippen LogP contribution in [0.4, 0.5) is 17.1 Å². The van der Waals surface area contributed by atoms with Gasteiger partial charge in [-0.2, -0.15) is 0 Å². The van der Waals surface area contributed by atoms with E-state index in [1.165, 1.54) is 77.5 Å². The molecule has 282 valence electrons. The van der Waals surface area contributed by atoms with Crippen LogP contribution in [0.2, 0.25) is 0 Å². The van der Waals surface area contributed by atoms with Gasteiger partial charge in [0, 0.05) is 17.1 Å². The Hall–Kier alpha value is -7.74. The lowest BCUT2D eigenvalue weighted by atomic mass is 9.67. The standard InChI is InChI=1S/C59H41N/c1-5-18-42(19-6-1)53-38-36-49(40-56(53)44-20-7-2-8-21-44)60(48-34-32-45(33-35-48)52-30-17-23-43-22-13-14-28-51(43)52)50-37-39-55-54-29-15-16-31-57(54)59(58(55)41-50,46-24-9-3-10-25-46)47-26-11-4-12-27-47/h1-41H. The average molecular weight is 764 g/mol. The third-order valence-corrected chi connectivity index (χ3v) is 12.4. The second-order valence-corrected chi connectivity index (χ2v) is 15.6. The molecule has 0 heterocycles. The van der Waals surface area contributed by atoms with E-state index in [-0.39, 0.29) is 0 Å². The Morgan fingerprint density at radius 1 is 0.267 bits per heavy atom. The normalized spacial score (nSPS) is 12.5. The summed E-state index contributed by atoms with van der Waals surface area (Å²) in [5.74, 6) is 0. The van der Waals surface area contributed by atoms with Crippen molar-refractivity contribution in [1.29, 1.82) is 0 Å². The molecular formula is C59H41N. The second kappa shape index (κ2) is 14.9. The van der Waals surface area contributed by atoms with E-state index in [1.54, 1.807) is 0 Å². The summed E-state index contributed by atoms with van der Waals surface area (Å²) in [4.78, 5) is 2.44. The van der Waals surface area contributed by atoms with Crippen LogP contribution in [0, 0.1) is 0 Å². The largest absolute Gasteiger partial charge is 0.310 e. The van der Waals surface area contributed by atoms with E-state index in [0.717, 1.165) is 17.1 Å². The number of rotatable bonds is 8. The summed E-state index contributed by atoms with van der Waals surface area (Å²) in [6.07, 6.45) is 0. The fourth-order valence-electron chi connectivity index (χ4n) is 9.68. The molecule has 11 rings (SSSR count). The molecule has 0 radical (unpaired) electrons. The van der Waals surface area contributed by atoms with Gasteiger partial charge in [-0.05, 0) is 114 Å². The van der Waals surface area contributed by atoms with E-state index in [9.17, 15) is 0 Å². The Balaban J connectivity index is 1.15. The molecule has 0 aliphatic heterocycles. The van der Waals surface area contributed by atoms with Crippen molar-refractivity contribution in [1.82, 2.24) is 0 Å². The molecule has 1 heteroatoms. The Morgan fingerprint density at radius 2 is 0.733 bits per heavy atom. The molecule has 0 unspecified atom stereocenters.